The van der Waals surface area contributed by atoms with E-state index in [1.807, 2.05) is 55.5 Å². The zero-order valence-electron chi connectivity index (χ0n) is 16.1. The van der Waals surface area contributed by atoms with Crippen molar-refractivity contribution < 1.29 is 19.4 Å². The van der Waals surface area contributed by atoms with E-state index in [4.69, 9.17) is 9.47 Å². The molecule has 144 valence electrons. The summed E-state index contributed by atoms with van der Waals surface area (Å²) in [5.41, 5.74) is 3.81. The van der Waals surface area contributed by atoms with E-state index in [1.165, 1.54) is 0 Å². The Hall–Kier alpha value is -3.31. The minimum atomic E-state index is -1.25. The van der Waals surface area contributed by atoms with E-state index in [1.54, 1.807) is 32.4 Å². The number of hydrogen-bond donors (Lipinski definition) is 2. The largest absolute Gasteiger partial charge is 0.493 e. The number of carbonyl (C=O) groups is 1. The summed E-state index contributed by atoms with van der Waals surface area (Å²) < 4.78 is 10.7. The third-order valence-corrected chi connectivity index (χ3v) is 4.49. The van der Waals surface area contributed by atoms with Gasteiger partial charge in [0.2, 0.25) is 0 Å². The topological polar surface area (TPSA) is 67.8 Å². The van der Waals surface area contributed by atoms with Crippen LogP contribution in [0, 0.1) is 6.92 Å². The van der Waals surface area contributed by atoms with Crippen LogP contribution in [0.5, 0.6) is 11.5 Å². The summed E-state index contributed by atoms with van der Waals surface area (Å²) in [4.78, 5) is 12.6. The van der Waals surface area contributed by atoms with Crippen LogP contribution in [0.1, 0.15) is 17.2 Å². The van der Waals surface area contributed by atoms with Crippen LogP contribution in [0.2, 0.25) is 0 Å². The van der Waals surface area contributed by atoms with Gasteiger partial charge in [0, 0.05) is 11.3 Å². The Balaban J connectivity index is 1.89. The highest BCUT2D eigenvalue weighted by Crippen LogP contribution is 2.35. The molecule has 1 unspecified atom stereocenters. The molecule has 1 atom stereocenters. The van der Waals surface area contributed by atoms with Crippen LogP contribution in [-0.4, -0.2) is 25.2 Å². The van der Waals surface area contributed by atoms with Crippen molar-refractivity contribution >= 4 is 11.6 Å². The van der Waals surface area contributed by atoms with E-state index in [-0.39, 0.29) is 0 Å². The van der Waals surface area contributed by atoms with Gasteiger partial charge in [-0.2, -0.15) is 0 Å². The second-order valence-electron chi connectivity index (χ2n) is 6.42. The van der Waals surface area contributed by atoms with E-state index in [9.17, 15) is 9.90 Å². The highest BCUT2D eigenvalue weighted by molar-refractivity contribution is 5.98. The summed E-state index contributed by atoms with van der Waals surface area (Å²) in [5.74, 6) is 0.738. The number of ether oxygens (including phenoxy) is 2. The Labute approximate surface area is 164 Å². The van der Waals surface area contributed by atoms with Crippen molar-refractivity contribution in [1.82, 2.24) is 0 Å². The molecule has 0 aliphatic rings. The summed E-state index contributed by atoms with van der Waals surface area (Å²) in [6.07, 6.45) is -1.25. The van der Waals surface area contributed by atoms with E-state index in [0.717, 1.165) is 16.7 Å². The molecule has 0 aliphatic heterocycles. The highest BCUT2D eigenvalue weighted by atomic mass is 16.5. The lowest BCUT2D eigenvalue weighted by Crippen LogP contribution is -2.21. The number of rotatable bonds is 6. The predicted octanol–water partition coefficient (Wildman–Crippen LogP) is 4.35. The van der Waals surface area contributed by atoms with E-state index >= 15 is 0 Å². The highest BCUT2D eigenvalue weighted by Gasteiger charge is 2.19. The predicted molar refractivity (Wildman–Crippen MR) is 110 cm³/mol. The Bertz CT molecular complexity index is 984. The molecule has 3 aromatic rings. The Morgan fingerprint density at radius 3 is 2.39 bits per heavy atom. The number of aliphatic hydroxyl groups is 1. The van der Waals surface area contributed by atoms with Gasteiger partial charge in [0.05, 0.1) is 14.2 Å². The first-order valence-electron chi connectivity index (χ1n) is 8.90. The zero-order chi connectivity index (χ0) is 20.1. The van der Waals surface area contributed by atoms with Gasteiger partial charge in [0.15, 0.2) is 17.6 Å². The zero-order valence-corrected chi connectivity index (χ0v) is 16.1. The van der Waals surface area contributed by atoms with Crippen LogP contribution in [0.3, 0.4) is 0 Å². The molecule has 5 heteroatoms. The normalized spacial score (nSPS) is 11.6. The van der Waals surface area contributed by atoms with Crippen molar-refractivity contribution in [2.24, 2.45) is 0 Å². The molecule has 5 nitrogen and oxygen atoms in total. The van der Waals surface area contributed by atoms with Gasteiger partial charge in [-0.15, -0.1) is 0 Å². The van der Waals surface area contributed by atoms with Gasteiger partial charge in [-0.25, -0.2) is 0 Å². The first-order valence-corrected chi connectivity index (χ1v) is 8.90. The van der Waals surface area contributed by atoms with Crippen molar-refractivity contribution in [2.45, 2.75) is 13.0 Å². The van der Waals surface area contributed by atoms with Gasteiger partial charge in [-0.3, -0.25) is 4.79 Å². The average Bonchev–Trinajstić information content (AvgIpc) is 2.73. The van der Waals surface area contributed by atoms with Crippen molar-refractivity contribution in [3.63, 3.8) is 0 Å². The smallest absolute Gasteiger partial charge is 0.257 e. The first kappa shape index (κ1) is 19.5. The molecule has 0 aliphatic carbocycles. The Morgan fingerprint density at radius 1 is 0.929 bits per heavy atom. The molecule has 0 aromatic heterocycles. The fourth-order valence-electron chi connectivity index (χ4n) is 3.04. The Morgan fingerprint density at radius 2 is 1.68 bits per heavy atom. The molecule has 3 rings (SSSR count). The molecular formula is C23H23NO4. The van der Waals surface area contributed by atoms with Crippen molar-refractivity contribution in [1.29, 1.82) is 0 Å². The average molecular weight is 377 g/mol. The van der Waals surface area contributed by atoms with Crippen LogP contribution >= 0.6 is 0 Å². The van der Waals surface area contributed by atoms with Gasteiger partial charge < -0.3 is 19.9 Å². The number of benzene rings is 3. The molecule has 3 aromatic carbocycles. The molecule has 0 saturated heterocycles. The van der Waals surface area contributed by atoms with Crippen LogP contribution < -0.4 is 14.8 Å². The number of hydrogen-bond acceptors (Lipinski definition) is 4. The maximum absolute atomic E-state index is 12.6. The number of aliphatic hydroxyl groups excluding tert-OH is 1. The van der Waals surface area contributed by atoms with Crippen LogP contribution in [-0.2, 0) is 4.79 Å². The number of nitrogens with one attached hydrogen (secondary N) is 1. The quantitative estimate of drug-likeness (QED) is 0.670. The van der Waals surface area contributed by atoms with Gasteiger partial charge >= 0.3 is 0 Å². The number of carbonyl (C=O) groups excluding carboxylic acids is 1. The van der Waals surface area contributed by atoms with Gasteiger partial charge in [-0.1, -0.05) is 54.1 Å². The summed E-state index contributed by atoms with van der Waals surface area (Å²) in [6, 6.07) is 20.2. The lowest BCUT2D eigenvalue weighted by Gasteiger charge is -2.16. The van der Waals surface area contributed by atoms with Crippen LogP contribution in [0.15, 0.2) is 66.7 Å². The lowest BCUT2D eigenvalue weighted by molar-refractivity contribution is -0.124. The fourth-order valence-corrected chi connectivity index (χ4v) is 3.04. The number of amides is 1. The van der Waals surface area contributed by atoms with Crippen molar-refractivity contribution in [2.75, 3.05) is 19.5 Å². The Kier molecular flexibility index (Phi) is 5.96. The van der Waals surface area contributed by atoms with E-state index in [0.29, 0.717) is 22.7 Å². The molecular weight excluding hydrogens is 354 g/mol. The third-order valence-electron chi connectivity index (χ3n) is 4.49. The first-order chi connectivity index (χ1) is 13.5. The van der Waals surface area contributed by atoms with Gasteiger partial charge in [0.25, 0.3) is 5.91 Å². The van der Waals surface area contributed by atoms with Crippen LogP contribution in [0.4, 0.5) is 5.69 Å². The molecule has 0 fully saturated rings. The summed E-state index contributed by atoms with van der Waals surface area (Å²) >= 11 is 0. The fraction of sp³-hybridized carbons (Fsp3) is 0.174. The van der Waals surface area contributed by atoms with Crippen LogP contribution in [0.25, 0.3) is 11.1 Å². The SMILES string of the molecule is COc1ccc(-c2ccccc2NC(=O)C(O)c2cccc(C)c2)cc1OC. The second-order valence-corrected chi connectivity index (χ2v) is 6.42. The molecule has 0 bridgehead atoms. The summed E-state index contributed by atoms with van der Waals surface area (Å²) in [6.45, 7) is 1.92. The maximum Gasteiger partial charge on any atom is 0.257 e. The standard InChI is InChI=1S/C23H23NO4/c1-15-7-6-8-17(13-15)22(25)23(26)24-19-10-5-4-9-18(19)16-11-12-20(27-2)21(14-16)28-3/h4-14,22,25H,1-3H3,(H,24,26). The molecule has 1 amide bonds. The minimum absolute atomic E-state index is 0.487. The number of anilines is 1. The number of aryl methyl sites for hydroxylation is 1. The number of methoxy groups -OCH3 is 2. The number of para-hydroxylation sites is 1. The molecule has 2 N–H and O–H groups in total. The van der Waals surface area contributed by atoms with E-state index in [2.05, 4.69) is 5.32 Å². The van der Waals surface area contributed by atoms with Gasteiger partial charge in [-0.05, 0) is 36.2 Å². The lowest BCUT2D eigenvalue weighted by atomic mass is 10.0. The molecule has 0 spiro atoms. The minimum Gasteiger partial charge on any atom is -0.493 e. The van der Waals surface area contributed by atoms with E-state index < -0.39 is 12.0 Å². The monoisotopic (exact) mass is 377 g/mol. The van der Waals surface area contributed by atoms with Gasteiger partial charge in [0.1, 0.15) is 0 Å². The summed E-state index contributed by atoms with van der Waals surface area (Å²) in [5, 5.41) is 13.3. The summed E-state index contributed by atoms with van der Waals surface area (Å²) in [7, 11) is 3.16. The van der Waals surface area contributed by atoms with Crippen molar-refractivity contribution in [3.8, 4) is 22.6 Å². The molecule has 0 saturated carbocycles. The molecule has 28 heavy (non-hydrogen) atoms. The maximum atomic E-state index is 12.6. The second kappa shape index (κ2) is 8.59. The third kappa shape index (κ3) is 4.15. The van der Waals surface area contributed by atoms with Crippen molar-refractivity contribution in [3.05, 3.63) is 77.9 Å². The molecule has 0 radical (unpaired) electrons. The molecule has 0 heterocycles.